The Morgan fingerprint density at radius 2 is 1.73 bits per heavy atom. The number of benzene rings is 1. The van der Waals surface area contributed by atoms with Crippen LogP contribution in [0.15, 0.2) is 18.2 Å². The first-order valence-electron chi connectivity index (χ1n) is 7.80. The number of nitrogens with one attached hydrogen (secondary N) is 1. The van der Waals surface area contributed by atoms with Crippen molar-refractivity contribution in [2.75, 3.05) is 14.2 Å². The number of amides is 1. The molecule has 0 heterocycles. The summed E-state index contributed by atoms with van der Waals surface area (Å²) in [6.07, 6.45) is 4.16. The maximum absolute atomic E-state index is 12.0. The fourth-order valence-corrected chi connectivity index (χ4v) is 2.79. The maximum atomic E-state index is 12.0. The summed E-state index contributed by atoms with van der Waals surface area (Å²) < 4.78 is 10.5. The van der Waals surface area contributed by atoms with E-state index in [4.69, 9.17) is 9.47 Å². The van der Waals surface area contributed by atoms with Gasteiger partial charge < -0.3 is 19.9 Å². The van der Waals surface area contributed by atoms with Crippen molar-refractivity contribution in [1.82, 2.24) is 5.32 Å². The predicted molar refractivity (Wildman–Crippen MR) is 84.3 cm³/mol. The predicted octanol–water partition coefficient (Wildman–Crippen LogP) is 2.06. The SMILES string of the molecule is COc1cc(CCC(=O)NC2CCC(O)CC2)cc(OC)c1. The molecule has 1 saturated carbocycles. The number of aliphatic hydroxyl groups excluding tert-OH is 1. The molecule has 0 bridgehead atoms. The molecule has 1 amide bonds. The van der Waals surface area contributed by atoms with E-state index in [1.165, 1.54) is 0 Å². The monoisotopic (exact) mass is 307 g/mol. The summed E-state index contributed by atoms with van der Waals surface area (Å²) in [7, 11) is 3.23. The Balaban J connectivity index is 1.83. The fraction of sp³-hybridized carbons (Fsp3) is 0.588. The summed E-state index contributed by atoms with van der Waals surface area (Å²) in [6.45, 7) is 0. The van der Waals surface area contributed by atoms with Crippen molar-refractivity contribution in [2.45, 2.75) is 50.7 Å². The Morgan fingerprint density at radius 3 is 2.27 bits per heavy atom. The topological polar surface area (TPSA) is 67.8 Å². The second-order valence-electron chi connectivity index (χ2n) is 5.79. The van der Waals surface area contributed by atoms with Gasteiger partial charge in [0.2, 0.25) is 5.91 Å². The Morgan fingerprint density at radius 1 is 1.14 bits per heavy atom. The lowest BCUT2D eigenvalue weighted by atomic mass is 9.93. The third-order valence-corrected chi connectivity index (χ3v) is 4.11. The van der Waals surface area contributed by atoms with Gasteiger partial charge in [-0.05, 0) is 49.8 Å². The number of carbonyl (C=O) groups is 1. The van der Waals surface area contributed by atoms with Gasteiger partial charge in [0.1, 0.15) is 11.5 Å². The van der Waals surface area contributed by atoms with E-state index in [9.17, 15) is 9.90 Å². The van der Waals surface area contributed by atoms with E-state index in [-0.39, 0.29) is 18.1 Å². The standard InChI is InChI=1S/C17H25NO4/c1-21-15-9-12(10-16(11-15)22-2)3-8-17(20)18-13-4-6-14(19)7-5-13/h9-11,13-14,19H,3-8H2,1-2H3,(H,18,20). The van der Waals surface area contributed by atoms with Gasteiger partial charge in [-0.2, -0.15) is 0 Å². The van der Waals surface area contributed by atoms with E-state index in [1.807, 2.05) is 18.2 Å². The van der Waals surface area contributed by atoms with Crippen molar-refractivity contribution in [2.24, 2.45) is 0 Å². The Kier molecular flexibility index (Phi) is 6.07. The van der Waals surface area contributed by atoms with E-state index in [0.717, 1.165) is 42.7 Å². The molecule has 2 rings (SSSR count). The number of hydrogen-bond donors (Lipinski definition) is 2. The molecule has 0 atom stereocenters. The van der Waals surface area contributed by atoms with Crippen LogP contribution < -0.4 is 14.8 Å². The molecule has 1 aliphatic rings. The lowest BCUT2D eigenvalue weighted by molar-refractivity contribution is -0.122. The summed E-state index contributed by atoms with van der Waals surface area (Å²) in [5, 5.41) is 12.5. The second-order valence-corrected chi connectivity index (χ2v) is 5.79. The number of hydrogen-bond acceptors (Lipinski definition) is 4. The molecule has 22 heavy (non-hydrogen) atoms. The van der Waals surface area contributed by atoms with Gasteiger partial charge in [-0.25, -0.2) is 0 Å². The van der Waals surface area contributed by atoms with Gasteiger partial charge in [0, 0.05) is 18.5 Å². The Labute approximate surface area is 131 Å². The van der Waals surface area contributed by atoms with Crippen molar-refractivity contribution >= 4 is 5.91 Å². The molecule has 1 aromatic carbocycles. The third-order valence-electron chi connectivity index (χ3n) is 4.11. The molecule has 1 aliphatic carbocycles. The van der Waals surface area contributed by atoms with E-state index in [1.54, 1.807) is 14.2 Å². The van der Waals surface area contributed by atoms with Gasteiger partial charge in [0.25, 0.3) is 0 Å². The molecule has 5 heteroatoms. The minimum absolute atomic E-state index is 0.0585. The Bertz CT molecular complexity index is 473. The van der Waals surface area contributed by atoms with E-state index < -0.39 is 0 Å². The highest BCUT2D eigenvalue weighted by Crippen LogP contribution is 2.23. The largest absolute Gasteiger partial charge is 0.497 e. The minimum atomic E-state index is -0.197. The number of methoxy groups -OCH3 is 2. The molecule has 1 fully saturated rings. The maximum Gasteiger partial charge on any atom is 0.220 e. The van der Waals surface area contributed by atoms with Crippen LogP contribution in [0.3, 0.4) is 0 Å². The molecule has 0 saturated heterocycles. The normalized spacial score (nSPS) is 21.2. The first-order chi connectivity index (χ1) is 10.6. The van der Waals surface area contributed by atoms with Crippen LogP contribution in [0.5, 0.6) is 11.5 Å². The van der Waals surface area contributed by atoms with E-state index in [0.29, 0.717) is 12.8 Å². The first kappa shape index (κ1) is 16.6. The van der Waals surface area contributed by atoms with Gasteiger partial charge in [-0.3, -0.25) is 4.79 Å². The van der Waals surface area contributed by atoms with Crippen LogP contribution in [0.2, 0.25) is 0 Å². The van der Waals surface area contributed by atoms with Crippen molar-refractivity contribution in [3.63, 3.8) is 0 Å². The molecule has 0 spiro atoms. The van der Waals surface area contributed by atoms with Crippen LogP contribution in [-0.2, 0) is 11.2 Å². The fourth-order valence-electron chi connectivity index (χ4n) is 2.79. The van der Waals surface area contributed by atoms with Crippen LogP contribution in [0.4, 0.5) is 0 Å². The van der Waals surface area contributed by atoms with Crippen LogP contribution in [-0.4, -0.2) is 37.4 Å². The van der Waals surface area contributed by atoms with Gasteiger partial charge in [0.15, 0.2) is 0 Å². The summed E-state index contributed by atoms with van der Waals surface area (Å²) in [5.74, 6) is 1.52. The number of carbonyl (C=O) groups excluding carboxylic acids is 1. The average molecular weight is 307 g/mol. The smallest absolute Gasteiger partial charge is 0.220 e. The summed E-state index contributed by atoms with van der Waals surface area (Å²) in [6, 6.07) is 5.87. The van der Waals surface area contributed by atoms with E-state index in [2.05, 4.69) is 5.32 Å². The molecular formula is C17H25NO4. The van der Waals surface area contributed by atoms with Crippen LogP contribution in [0.1, 0.15) is 37.7 Å². The van der Waals surface area contributed by atoms with Crippen molar-refractivity contribution in [1.29, 1.82) is 0 Å². The zero-order chi connectivity index (χ0) is 15.9. The highest BCUT2D eigenvalue weighted by atomic mass is 16.5. The zero-order valence-electron chi connectivity index (χ0n) is 13.3. The van der Waals surface area contributed by atoms with E-state index >= 15 is 0 Å². The van der Waals surface area contributed by atoms with Crippen LogP contribution >= 0.6 is 0 Å². The molecule has 2 N–H and O–H groups in total. The zero-order valence-corrected chi connectivity index (χ0v) is 13.3. The molecule has 1 aromatic rings. The Hall–Kier alpha value is -1.75. The number of ether oxygens (including phenoxy) is 2. The molecule has 0 aliphatic heterocycles. The number of rotatable bonds is 6. The van der Waals surface area contributed by atoms with Gasteiger partial charge in [0.05, 0.1) is 20.3 Å². The lowest BCUT2D eigenvalue weighted by Crippen LogP contribution is -2.38. The summed E-state index contributed by atoms with van der Waals surface area (Å²) >= 11 is 0. The molecule has 0 aromatic heterocycles. The number of aliphatic hydroxyl groups is 1. The molecule has 0 radical (unpaired) electrons. The molecular weight excluding hydrogens is 282 g/mol. The molecule has 0 unspecified atom stereocenters. The van der Waals surface area contributed by atoms with Crippen LogP contribution in [0, 0.1) is 0 Å². The van der Waals surface area contributed by atoms with Crippen molar-refractivity contribution in [3.8, 4) is 11.5 Å². The van der Waals surface area contributed by atoms with Crippen LogP contribution in [0.25, 0.3) is 0 Å². The minimum Gasteiger partial charge on any atom is -0.497 e. The quantitative estimate of drug-likeness (QED) is 0.844. The highest BCUT2D eigenvalue weighted by Gasteiger charge is 2.20. The molecule has 122 valence electrons. The second kappa shape index (κ2) is 8.03. The van der Waals surface area contributed by atoms with Gasteiger partial charge in [-0.1, -0.05) is 0 Å². The molecule has 5 nitrogen and oxygen atoms in total. The highest BCUT2D eigenvalue weighted by molar-refractivity contribution is 5.76. The average Bonchev–Trinajstić information content (AvgIpc) is 2.54. The third kappa shape index (κ3) is 4.91. The number of aryl methyl sites for hydroxylation is 1. The lowest BCUT2D eigenvalue weighted by Gasteiger charge is -2.26. The van der Waals surface area contributed by atoms with Crippen molar-refractivity contribution in [3.05, 3.63) is 23.8 Å². The van der Waals surface area contributed by atoms with Crippen molar-refractivity contribution < 1.29 is 19.4 Å². The first-order valence-corrected chi connectivity index (χ1v) is 7.80. The summed E-state index contributed by atoms with van der Waals surface area (Å²) in [4.78, 5) is 12.0. The summed E-state index contributed by atoms with van der Waals surface area (Å²) in [5.41, 5.74) is 1.02. The van der Waals surface area contributed by atoms with Gasteiger partial charge in [-0.15, -0.1) is 0 Å². The van der Waals surface area contributed by atoms with Gasteiger partial charge >= 0.3 is 0 Å².